The normalized spacial score (nSPS) is 10.0. The fourth-order valence-electron chi connectivity index (χ4n) is 2.15. The number of aryl methyl sites for hydroxylation is 1. The van der Waals surface area contributed by atoms with E-state index in [9.17, 15) is 9.90 Å². The Hall–Kier alpha value is -2.93. The summed E-state index contributed by atoms with van der Waals surface area (Å²) in [6.07, 6.45) is 0.701. The van der Waals surface area contributed by atoms with E-state index >= 15 is 0 Å². The van der Waals surface area contributed by atoms with Gasteiger partial charge in [0.1, 0.15) is 0 Å². The highest BCUT2D eigenvalue weighted by atomic mass is 16.5. The van der Waals surface area contributed by atoms with Gasteiger partial charge in [0.25, 0.3) is 0 Å². The van der Waals surface area contributed by atoms with Gasteiger partial charge >= 0.3 is 0 Å². The van der Waals surface area contributed by atoms with Crippen LogP contribution in [-0.4, -0.2) is 19.5 Å². The molecule has 24 heavy (non-hydrogen) atoms. The number of methoxy groups -OCH3 is 1. The van der Waals surface area contributed by atoms with Crippen LogP contribution >= 0.6 is 0 Å². The van der Waals surface area contributed by atoms with Crippen molar-refractivity contribution in [2.45, 2.75) is 26.9 Å². The third-order valence-electron chi connectivity index (χ3n) is 3.34. The van der Waals surface area contributed by atoms with Crippen LogP contribution in [0.3, 0.4) is 0 Å². The highest BCUT2D eigenvalue weighted by Crippen LogP contribution is 2.31. The van der Waals surface area contributed by atoms with E-state index in [1.165, 1.54) is 13.2 Å². The van der Waals surface area contributed by atoms with Crippen molar-refractivity contribution in [1.29, 1.82) is 0 Å². The molecule has 0 saturated carbocycles. The number of benzene rings is 2. The lowest BCUT2D eigenvalue weighted by Crippen LogP contribution is -2.07. The number of rotatable bonds is 4. The molecule has 123 valence electrons. The first-order valence-electron chi connectivity index (χ1n) is 7.58. The second-order valence-corrected chi connectivity index (χ2v) is 5.61. The molecule has 2 aromatic carbocycles. The van der Waals surface area contributed by atoms with Gasteiger partial charge in [0.15, 0.2) is 23.5 Å². The minimum absolute atomic E-state index is 0.0222. The fourth-order valence-corrected chi connectivity index (χ4v) is 2.15. The minimum atomic E-state index is -0.0380. The Morgan fingerprint density at radius 3 is 2.42 bits per heavy atom. The lowest BCUT2D eigenvalue weighted by atomic mass is 10.1. The first-order chi connectivity index (χ1) is 11.4. The average molecular weight is 323 g/mol. The summed E-state index contributed by atoms with van der Waals surface area (Å²) < 4.78 is 11.0. The molecule has 2 aromatic rings. The van der Waals surface area contributed by atoms with Gasteiger partial charge in [-0.2, -0.15) is 0 Å². The second kappa shape index (κ2) is 7.56. The van der Waals surface area contributed by atoms with Crippen LogP contribution in [0, 0.1) is 18.8 Å². The van der Waals surface area contributed by atoms with Crippen LogP contribution in [0.25, 0.3) is 0 Å². The molecular weight excluding hydrogens is 304 g/mol. The van der Waals surface area contributed by atoms with Gasteiger partial charge in [-0.3, -0.25) is 9.90 Å². The van der Waals surface area contributed by atoms with E-state index in [0.717, 1.165) is 6.29 Å². The zero-order chi connectivity index (χ0) is 17.7. The van der Waals surface area contributed by atoms with E-state index in [4.69, 9.17) is 9.47 Å². The van der Waals surface area contributed by atoms with Crippen LogP contribution < -0.4 is 9.47 Å². The Kier molecular flexibility index (Phi) is 5.49. The van der Waals surface area contributed by atoms with Gasteiger partial charge in [-0.1, -0.05) is 11.8 Å². The summed E-state index contributed by atoms with van der Waals surface area (Å²) in [6, 6.07) is 8.19. The summed E-state index contributed by atoms with van der Waals surface area (Å²) in [7, 11) is 1.54. The zero-order valence-electron chi connectivity index (χ0n) is 14.2. The Balaban J connectivity index is 2.45. The summed E-state index contributed by atoms with van der Waals surface area (Å²) in [5, 5.41) is 11.4. The fraction of sp³-hybridized carbons (Fsp3) is 0.250. The molecule has 0 atom stereocenters. The van der Waals surface area contributed by atoms with Crippen molar-refractivity contribution in [3.8, 4) is 29.1 Å². The van der Waals surface area contributed by atoms with Crippen LogP contribution in [0.15, 0.2) is 30.3 Å². The van der Waals surface area contributed by atoms with Crippen molar-refractivity contribution in [3.63, 3.8) is 0 Å². The molecule has 0 aliphatic rings. The van der Waals surface area contributed by atoms with Crippen LogP contribution in [-0.2, 0) is 5.11 Å². The van der Waals surface area contributed by atoms with Gasteiger partial charge in [0.2, 0.25) is 0 Å². The van der Waals surface area contributed by atoms with E-state index in [-0.39, 0.29) is 11.9 Å². The molecule has 0 spiro atoms. The molecule has 0 aliphatic heterocycles. The van der Waals surface area contributed by atoms with Gasteiger partial charge in [0, 0.05) is 22.8 Å². The molecule has 1 radical (unpaired) electrons. The van der Waals surface area contributed by atoms with E-state index in [1.54, 1.807) is 31.2 Å². The molecular formula is C20H19O4. The van der Waals surface area contributed by atoms with Crippen molar-refractivity contribution in [1.82, 2.24) is 0 Å². The SMILES string of the molecule is COc1cc(C#Cc2ccc([O])c(C)c2)c(C=O)cc1OC(C)C. The lowest BCUT2D eigenvalue weighted by molar-refractivity contribution is 0.112. The first-order valence-corrected chi connectivity index (χ1v) is 7.58. The van der Waals surface area contributed by atoms with E-state index in [2.05, 4.69) is 11.8 Å². The van der Waals surface area contributed by atoms with Gasteiger partial charge in [0.05, 0.1) is 13.2 Å². The Labute approximate surface area is 142 Å². The largest absolute Gasteiger partial charge is 0.493 e. The van der Waals surface area contributed by atoms with Gasteiger partial charge < -0.3 is 9.47 Å². The molecule has 4 heteroatoms. The van der Waals surface area contributed by atoms with E-state index in [0.29, 0.717) is 33.8 Å². The summed E-state index contributed by atoms with van der Waals surface area (Å²) >= 11 is 0. The summed E-state index contributed by atoms with van der Waals surface area (Å²) in [5.41, 5.74) is 2.32. The molecule has 0 heterocycles. The van der Waals surface area contributed by atoms with Gasteiger partial charge in [-0.15, -0.1) is 0 Å². The molecule has 0 bridgehead atoms. The number of carbonyl (C=O) groups is 1. The zero-order valence-corrected chi connectivity index (χ0v) is 14.2. The molecule has 0 fully saturated rings. The Morgan fingerprint density at radius 2 is 1.83 bits per heavy atom. The van der Waals surface area contributed by atoms with Crippen molar-refractivity contribution in [2.75, 3.05) is 7.11 Å². The molecule has 0 saturated heterocycles. The molecule has 0 aliphatic carbocycles. The quantitative estimate of drug-likeness (QED) is 0.627. The van der Waals surface area contributed by atoms with E-state index < -0.39 is 0 Å². The smallest absolute Gasteiger partial charge is 0.181 e. The molecule has 0 amide bonds. The first kappa shape index (κ1) is 17.4. The third kappa shape index (κ3) is 4.08. The molecule has 0 N–H and O–H groups in total. The summed E-state index contributed by atoms with van der Waals surface area (Å²) in [4.78, 5) is 11.4. The van der Waals surface area contributed by atoms with Crippen LogP contribution in [0.4, 0.5) is 0 Å². The highest BCUT2D eigenvalue weighted by molar-refractivity contribution is 5.81. The topological polar surface area (TPSA) is 55.4 Å². The summed E-state index contributed by atoms with van der Waals surface area (Å²) in [6.45, 7) is 5.54. The molecule has 4 nitrogen and oxygen atoms in total. The van der Waals surface area contributed by atoms with Crippen molar-refractivity contribution >= 4 is 6.29 Å². The second-order valence-electron chi connectivity index (χ2n) is 5.61. The predicted octanol–water partition coefficient (Wildman–Crippen LogP) is 4.15. The Bertz CT molecular complexity index is 810. The van der Waals surface area contributed by atoms with Crippen molar-refractivity contribution in [2.24, 2.45) is 0 Å². The number of aldehydes is 1. The Morgan fingerprint density at radius 1 is 1.08 bits per heavy atom. The molecule has 2 rings (SSSR count). The average Bonchev–Trinajstić information content (AvgIpc) is 2.55. The molecule has 0 aromatic heterocycles. The van der Waals surface area contributed by atoms with Crippen LogP contribution in [0.2, 0.25) is 0 Å². The number of carbonyl (C=O) groups excluding carboxylic acids is 1. The van der Waals surface area contributed by atoms with Crippen LogP contribution in [0.5, 0.6) is 17.2 Å². The van der Waals surface area contributed by atoms with Crippen molar-refractivity contribution in [3.05, 3.63) is 52.6 Å². The lowest BCUT2D eigenvalue weighted by Gasteiger charge is -2.14. The van der Waals surface area contributed by atoms with Gasteiger partial charge in [-0.25, -0.2) is 0 Å². The maximum absolute atomic E-state index is 11.4. The summed E-state index contributed by atoms with van der Waals surface area (Å²) in [5.74, 6) is 6.94. The van der Waals surface area contributed by atoms with Crippen LogP contribution in [0.1, 0.15) is 40.9 Å². The maximum Gasteiger partial charge on any atom is 0.181 e. The number of hydrogen-bond donors (Lipinski definition) is 0. The number of ether oxygens (including phenoxy) is 2. The minimum Gasteiger partial charge on any atom is -0.493 e. The monoisotopic (exact) mass is 323 g/mol. The van der Waals surface area contributed by atoms with E-state index in [1.807, 2.05) is 13.8 Å². The van der Waals surface area contributed by atoms with Gasteiger partial charge in [-0.05, 0) is 50.6 Å². The molecule has 0 unspecified atom stereocenters. The number of hydrogen-bond acceptors (Lipinski definition) is 3. The third-order valence-corrected chi connectivity index (χ3v) is 3.34. The maximum atomic E-state index is 11.4. The standard InChI is InChI=1S/C20H19O4/c1-13(2)24-20-11-17(12-21)16(10-19(20)23-4)7-5-15-6-8-18(22)14(3)9-15/h6,8-13H,1-4H3. The highest BCUT2D eigenvalue weighted by Gasteiger charge is 2.11. The van der Waals surface area contributed by atoms with Crippen molar-refractivity contribution < 1.29 is 19.4 Å². The predicted molar refractivity (Wildman–Crippen MR) is 91.4 cm³/mol.